The minimum atomic E-state index is 0. The fourth-order valence-corrected chi connectivity index (χ4v) is 4.40. The van der Waals surface area contributed by atoms with E-state index in [1.54, 1.807) is 0 Å². The largest absolute Gasteiger partial charge is 1.00 e. The van der Waals surface area contributed by atoms with Gasteiger partial charge in [-0.25, -0.2) is 0 Å². The van der Waals surface area contributed by atoms with Crippen LogP contribution in [0.2, 0.25) is 0 Å². The molecule has 1 aromatic carbocycles. The highest BCUT2D eigenvalue weighted by atomic mass is 35.5. The van der Waals surface area contributed by atoms with Crippen LogP contribution in [0, 0.1) is 0 Å². The Bertz CT molecular complexity index is 465. The molecular weight excluding hydrogens is 386 g/mol. The highest BCUT2D eigenvalue weighted by molar-refractivity contribution is 5.15. The van der Waals surface area contributed by atoms with Crippen LogP contribution in [0.15, 0.2) is 30.3 Å². The first kappa shape index (κ1) is 29.5. The van der Waals surface area contributed by atoms with Gasteiger partial charge in [0.1, 0.15) is 0 Å². The molecule has 0 bridgehead atoms. The Morgan fingerprint density at radius 3 is 1.40 bits per heavy atom. The monoisotopic (exact) mass is 437 g/mol. The summed E-state index contributed by atoms with van der Waals surface area (Å²) in [6.07, 6.45) is 24.3. The molecule has 0 fully saturated rings. The Morgan fingerprint density at radius 1 is 0.600 bits per heavy atom. The van der Waals surface area contributed by atoms with E-state index in [4.69, 9.17) is 0 Å². The maximum Gasteiger partial charge on any atom is 0.0925 e. The van der Waals surface area contributed by atoms with Crippen LogP contribution in [0.5, 0.6) is 0 Å². The first-order chi connectivity index (χ1) is 14.0. The number of benzene rings is 1. The number of rotatable bonds is 19. The van der Waals surface area contributed by atoms with Gasteiger partial charge in [-0.2, -0.15) is 0 Å². The van der Waals surface area contributed by atoms with Crippen LogP contribution < -0.4 is 12.4 Å². The van der Waals surface area contributed by atoms with E-state index < -0.39 is 0 Å². The number of hydrogen-bond acceptors (Lipinski definition) is 0. The van der Waals surface area contributed by atoms with Crippen molar-refractivity contribution in [1.82, 2.24) is 0 Å². The van der Waals surface area contributed by atoms with E-state index in [2.05, 4.69) is 58.4 Å². The molecule has 1 nitrogen and oxygen atoms in total. The van der Waals surface area contributed by atoms with Crippen LogP contribution >= 0.6 is 0 Å². The van der Waals surface area contributed by atoms with Crippen molar-refractivity contribution in [3.05, 3.63) is 35.9 Å². The molecule has 1 rings (SSSR count). The van der Waals surface area contributed by atoms with Crippen molar-refractivity contribution >= 4 is 0 Å². The Hall–Kier alpha value is -0.530. The molecule has 0 aliphatic rings. The van der Waals surface area contributed by atoms with Gasteiger partial charge in [0.15, 0.2) is 0 Å². The highest BCUT2D eigenvalue weighted by Crippen LogP contribution is 2.19. The van der Waals surface area contributed by atoms with E-state index in [1.165, 1.54) is 115 Å². The Kier molecular flexibility index (Phi) is 18.8. The average Bonchev–Trinajstić information content (AvgIpc) is 2.70. The lowest BCUT2D eigenvalue weighted by Crippen LogP contribution is -3.00. The van der Waals surface area contributed by atoms with Crippen LogP contribution in [0.25, 0.3) is 0 Å². The average molecular weight is 438 g/mol. The molecule has 0 spiro atoms. The quantitative estimate of drug-likeness (QED) is 0.196. The summed E-state index contributed by atoms with van der Waals surface area (Å²) in [5.41, 5.74) is 1.49. The Morgan fingerprint density at radius 2 is 1.00 bits per heavy atom. The van der Waals surface area contributed by atoms with Crippen molar-refractivity contribution < 1.29 is 16.9 Å². The van der Waals surface area contributed by atoms with Gasteiger partial charge in [0.05, 0.1) is 27.2 Å². The van der Waals surface area contributed by atoms with E-state index in [1.807, 2.05) is 0 Å². The molecule has 1 aromatic rings. The lowest BCUT2D eigenvalue weighted by Gasteiger charge is -2.34. The second-order valence-corrected chi connectivity index (χ2v) is 10.2. The molecule has 0 aliphatic carbocycles. The SMILES string of the molecule is CCCCCCCCCCCCCCCCCC(Cc1ccccc1)[N+](C)(C)C.[Cl-]. The second kappa shape index (κ2) is 19.2. The lowest BCUT2D eigenvalue weighted by atomic mass is 9.97. The molecule has 0 aliphatic heterocycles. The van der Waals surface area contributed by atoms with Crippen LogP contribution in [0.1, 0.15) is 115 Å². The van der Waals surface area contributed by atoms with Gasteiger partial charge in [-0.3, -0.25) is 0 Å². The number of likely N-dealkylation sites (N-methyl/N-ethyl adjacent to an activating group) is 1. The maximum absolute atomic E-state index is 2.36. The fourth-order valence-electron chi connectivity index (χ4n) is 4.40. The molecule has 0 aromatic heterocycles. The molecule has 0 saturated carbocycles. The summed E-state index contributed by atoms with van der Waals surface area (Å²) in [5.74, 6) is 0. The van der Waals surface area contributed by atoms with E-state index in [-0.39, 0.29) is 12.4 Å². The molecule has 176 valence electrons. The zero-order valence-corrected chi connectivity index (χ0v) is 21.6. The van der Waals surface area contributed by atoms with Crippen LogP contribution in [0.4, 0.5) is 0 Å². The van der Waals surface area contributed by atoms with Gasteiger partial charge < -0.3 is 16.9 Å². The molecular formula is C28H52ClN. The van der Waals surface area contributed by atoms with Crippen LogP contribution in [0.3, 0.4) is 0 Å². The third kappa shape index (κ3) is 16.2. The normalized spacial score (nSPS) is 12.5. The minimum Gasteiger partial charge on any atom is -1.00 e. The number of nitrogens with zero attached hydrogens (tertiary/aromatic N) is 1. The summed E-state index contributed by atoms with van der Waals surface area (Å²) in [6, 6.07) is 11.8. The molecule has 0 N–H and O–H groups in total. The van der Waals surface area contributed by atoms with E-state index >= 15 is 0 Å². The number of halogens is 1. The van der Waals surface area contributed by atoms with E-state index in [0.717, 1.165) is 10.5 Å². The molecule has 2 heteroatoms. The van der Waals surface area contributed by atoms with Gasteiger partial charge in [0.2, 0.25) is 0 Å². The van der Waals surface area contributed by atoms with Crippen LogP contribution in [-0.4, -0.2) is 31.7 Å². The molecule has 0 heterocycles. The number of quaternary nitrogens is 1. The van der Waals surface area contributed by atoms with Crippen molar-refractivity contribution in [3.63, 3.8) is 0 Å². The summed E-state index contributed by atoms with van der Waals surface area (Å²) in [5, 5.41) is 0. The summed E-state index contributed by atoms with van der Waals surface area (Å²) < 4.78 is 1.08. The van der Waals surface area contributed by atoms with Gasteiger partial charge in [-0.05, 0) is 18.4 Å². The molecule has 1 atom stereocenters. The van der Waals surface area contributed by atoms with Crippen molar-refractivity contribution in [3.8, 4) is 0 Å². The zero-order chi connectivity index (χ0) is 21.2. The number of hydrogen-bond donors (Lipinski definition) is 0. The third-order valence-corrected chi connectivity index (χ3v) is 6.55. The van der Waals surface area contributed by atoms with Crippen LogP contribution in [-0.2, 0) is 6.42 Å². The Balaban J connectivity index is 0.00000841. The smallest absolute Gasteiger partial charge is 0.0925 e. The molecule has 0 saturated heterocycles. The van der Waals surface area contributed by atoms with Crippen molar-refractivity contribution in [2.75, 3.05) is 21.1 Å². The molecule has 0 amide bonds. The molecule has 0 radical (unpaired) electrons. The van der Waals surface area contributed by atoms with Crippen molar-refractivity contribution in [1.29, 1.82) is 0 Å². The van der Waals surface area contributed by atoms with Gasteiger partial charge in [-0.15, -0.1) is 0 Å². The van der Waals surface area contributed by atoms with Crippen molar-refractivity contribution in [2.45, 2.75) is 122 Å². The summed E-state index contributed by atoms with van der Waals surface area (Å²) >= 11 is 0. The van der Waals surface area contributed by atoms with Gasteiger partial charge in [0, 0.05) is 6.42 Å². The maximum atomic E-state index is 2.36. The molecule has 30 heavy (non-hydrogen) atoms. The predicted octanol–water partition coefficient (Wildman–Crippen LogP) is 5.57. The first-order valence-corrected chi connectivity index (χ1v) is 12.9. The van der Waals surface area contributed by atoms with Gasteiger partial charge in [0.25, 0.3) is 0 Å². The van der Waals surface area contributed by atoms with Gasteiger partial charge in [-0.1, -0.05) is 127 Å². The van der Waals surface area contributed by atoms with Gasteiger partial charge >= 0.3 is 0 Å². The highest BCUT2D eigenvalue weighted by Gasteiger charge is 2.23. The fraction of sp³-hybridized carbons (Fsp3) is 0.786. The third-order valence-electron chi connectivity index (χ3n) is 6.55. The predicted molar refractivity (Wildman–Crippen MR) is 132 cm³/mol. The summed E-state index contributed by atoms with van der Waals surface area (Å²) in [6.45, 7) is 2.30. The molecule has 1 unspecified atom stereocenters. The lowest BCUT2D eigenvalue weighted by molar-refractivity contribution is -0.896. The van der Waals surface area contributed by atoms with Crippen molar-refractivity contribution in [2.24, 2.45) is 0 Å². The standard InChI is InChI=1S/C28H52N.ClH/c1-5-6-7-8-9-10-11-12-13-14-15-16-17-18-22-25-28(29(2,3)4)26-27-23-20-19-21-24-27;/h19-21,23-24,28H,5-18,22,25-26H2,1-4H3;1H/q+1;/p-1. The first-order valence-electron chi connectivity index (χ1n) is 12.9. The second-order valence-electron chi connectivity index (χ2n) is 10.2. The number of unbranched alkanes of at least 4 members (excludes halogenated alkanes) is 14. The summed E-state index contributed by atoms with van der Waals surface area (Å²) in [4.78, 5) is 0. The van der Waals surface area contributed by atoms with E-state index in [0.29, 0.717) is 0 Å². The minimum absolute atomic E-state index is 0. The topological polar surface area (TPSA) is 0 Å². The van der Waals surface area contributed by atoms with E-state index in [9.17, 15) is 0 Å². The zero-order valence-electron chi connectivity index (χ0n) is 20.8. The summed E-state index contributed by atoms with van der Waals surface area (Å²) in [7, 11) is 7.08. The Labute approximate surface area is 196 Å².